The van der Waals surface area contributed by atoms with Crippen LogP contribution in [0, 0.1) is 24.0 Å². The summed E-state index contributed by atoms with van der Waals surface area (Å²) in [5.74, 6) is -1.94. The van der Waals surface area contributed by atoms with Crippen LogP contribution in [0.1, 0.15) is 46.6 Å². The van der Waals surface area contributed by atoms with E-state index in [9.17, 15) is 26.7 Å². The fourth-order valence-corrected chi connectivity index (χ4v) is 4.78. The maximum Gasteiger partial charge on any atom is 0.417 e. The molecule has 11 heteroatoms. The van der Waals surface area contributed by atoms with Gasteiger partial charge in [-0.15, -0.1) is 0 Å². The number of likely N-dealkylation sites (tertiary alicyclic amines) is 1. The van der Waals surface area contributed by atoms with E-state index in [0.717, 1.165) is 37.6 Å². The second-order valence-corrected chi connectivity index (χ2v) is 9.90. The first-order chi connectivity index (χ1) is 18.0. The van der Waals surface area contributed by atoms with Gasteiger partial charge in [0.05, 0.1) is 5.56 Å². The van der Waals surface area contributed by atoms with E-state index < -0.39 is 23.4 Å². The minimum absolute atomic E-state index is 0.00759. The molecule has 0 bridgehead atoms. The van der Waals surface area contributed by atoms with Gasteiger partial charge in [-0.1, -0.05) is 12.1 Å². The van der Waals surface area contributed by atoms with Crippen molar-refractivity contribution in [2.24, 2.45) is 5.41 Å². The van der Waals surface area contributed by atoms with Crippen LogP contribution < -0.4 is 10.1 Å². The number of carbonyl (C=O) groups excluding carboxylic acids is 1. The van der Waals surface area contributed by atoms with E-state index >= 15 is 0 Å². The molecule has 1 N–H and O–H groups in total. The fraction of sp³-hybridized carbons (Fsp3) is 0.370. The molecule has 1 atom stereocenters. The number of aryl methyl sites for hydroxylation is 1. The molecule has 3 aromatic rings. The van der Waals surface area contributed by atoms with E-state index in [-0.39, 0.29) is 46.8 Å². The first-order valence-corrected chi connectivity index (χ1v) is 12.2. The number of aromatic nitrogens is 2. The minimum atomic E-state index is -4.47. The average molecular weight is 533 g/mol. The zero-order valence-corrected chi connectivity index (χ0v) is 20.5. The van der Waals surface area contributed by atoms with Crippen molar-refractivity contribution < 1.29 is 31.5 Å². The normalized spacial score (nSPS) is 18.1. The van der Waals surface area contributed by atoms with Crippen molar-refractivity contribution >= 4 is 11.7 Å². The summed E-state index contributed by atoms with van der Waals surface area (Å²) in [6.45, 7) is 2.26. The van der Waals surface area contributed by atoms with Gasteiger partial charge in [0.25, 0.3) is 5.91 Å². The number of carbonyl (C=O) groups is 1. The molecular formula is C27H25F5N4O2. The molecule has 1 aliphatic carbocycles. The van der Waals surface area contributed by atoms with Gasteiger partial charge in [-0.05, 0) is 61.9 Å². The molecule has 1 aliphatic heterocycles. The number of hydrogen-bond donors (Lipinski definition) is 1. The van der Waals surface area contributed by atoms with E-state index in [1.807, 2.05) is 0 Å². The van der Waals surface area contributed by atoms with Crippen LogP contribution >= 0.6 is 0 Å². The number of benzene rings is 1. The Labute approximate surface area is 215 Å². The molecular weight excluding hydrogens is 507 g/mol. The quantitative estimate of drug-likeness (QED) is 0.392. The fourth-order valence-electron chi connectivity index (χ4n) is 4.78. The molecule has 6 nitrogen and oxygen atoms in total. The molecule has 200 valence electrons. The Hall–Kier alpha value is -3.76. The van der Waals surface area contributed by atoms with Gasteiger partial charge in [0.2, 0.25) is 0 Å². The summed E-state index contributed by atoms with van der Waals surface area (Å²) in [7, 11) is 0. The first-order valence-electron chi connectivity index (χ1n) is 12.2. The molecule has 1 spiro atoms. The number of ether oxygens (including phenoxy) is 1. The molecule has 2 aliphatic rings. The van der Waals surface area contributed by atoms with Crippen molar-refractivity contribution in [3.8, 4) is 5.75 Å². The van der Waals surface area contributed by atoms with E-state index in [4.69, 9.17) is 4.74 Å². The van der Waals surface area contributed by atoms with Gasteiger partial charge in [0, 0.05) is 36.6 Å². The molecule has 38 heavy (non-hydrogen) atoms. The lowest BCUT2D eigenvalue weighted by atomic mass is 10.0. The summed E-state index contributed by atoms with van der Waals surface area (Å²) in [5, 5.41) is 3.05. The lowest BCUT2D eigenvalue weighted by Gasteiger charge is -2.26. The first kappa shape index (κ1) is 25.9. The highest BCUT2D eigenvalue weighted by molar-refractivity contribution is 5.95. The Balaban J connectivity index is 1.33. The maximum absolute atomic E-state index is 14.1. The van der Waals surface area contributed by atoms with Gasteiger partial charge < -0.3 is 15.0 Å². The van der Waals surface area contributed by atoms with E-state index in [2.05, 4.69) is 15.3 Å². The average Bonchev–Trinajstić information content (AvgIpc) is 3.54. The minimum Gasteiger partial charge on any atom is -0.486 e. The van der Waals surface area contributed by atoms with Crippen molar-refractivity contribution in [2.45, 2.75) is 45.0 Å². The van der Waals surface area contributed by atoms with Crippen molar-refractivity contribution in [3.63, 3.8) is 0 Å². The zero-order chi connectivity index (χ0) is 27.1. The van der Waals surface area contributed by atoms with Crippen LogP contribution in [0.15, 0.2) is 48.7 Å². The molecule has 5 rings (SSSR count). The molecule has 2 aromatic heterocycles. The van der Waals surface area contributed by atoms with Gasteiger partial charge in [-0.3, -0.25) is 4.79 Å². The van der Waals surface area contributed by atoms with Crippen LogP contribution in [0.5, 0.6) is 5.75 Å². The Morgan fingerprint density at radius 1 is 1.16 bits per heavy atom. The van der Waals surface area contributed by atoms with Crippen LogP contribution in [0.3, 0.4) is 0 Å². The van der Waals surface area contributed by atoms with Crippen molar-refractivity contribution in [1.82, 2.24) is 14.9 Å². The molecule has 1 saturated heterocycles. The molecule has 1 amide bonds. The Morgan fingerprint density at radius 2 is 1.95 bits per heavy atom. The third kappa shape index (κ3) is 5.41. The standard InChI is InChI=1S/C27H25F5N4O2/c1-16-5-7-21(38-14-17-3-2-4-20(28)23(17)29)24(35-16)25(37)36-15-26(9-10-26)11-19(36)13-34-22-8-6-18(12-33-22)27(30,31)32/h2-8,12,19H,9-11,13-15H2,1H3,(H,33,34)/t19-/m0/s1. The lowest BCUT2D eigenvalue weighted by Crippen LogP contribution is -2.40. The molecule has 0 unspecified atom stereocenters. The highest BCUT2D eigenvalue weighted by atomic mass is 19.4. The Bertz CT molecular complexity index is 1340. The van der Waals surface area contributed by atoms with Crippen LogP contribution in [-0.2, 0) is 12.8 Å². The summed E-state index contributed by atoms with van der Waals surface area (Å²) in [4.78, 5) is 23.7. The van der Waals surface area contributed by atoms with Crippen LogP contribution in [0.25, 0.3) is 0 Å². The number of amides is 1. The summed E-state index contributed by atoms with van der Waals surface area (Å²) in [6, 6.07) is 8.99. The zero-order valence-electron chi connectivity index (χ0n) is 20.5. The van der Waals surface area contributed by atoms with Crippen LogP contribution in [0.2, 0.25) is 0 Å². The van der Waals surface area contributed by atoms with Crippen molar-refractivity contribution in [3.05, 3.63) is 82.8 Å². The predicted octanol–water partition coefficient (Wildman–Crippen LogP) is 5.77. The Kier molecular flexibility index (Phi) is 6.70. The summed E-state index contributed by atoms with van der Waals surface area (Å²) in [6.07, 6.45) is -1.00. The smallest absolute Gasteiger partial charge is 0.417 e. The van der Waals surface area contributed by atoms with Crippen LogP contribution in [-0.4, -0.2) is 39.9 Å². The highest BCUT2D eigenvalue weighted by Gasteiger charge is 2.53. The van der Waals surface area contributed by atoms with Crippen LogP contribution in [0.4, 0.5) is 27.8 Å². The molecule has 1 saturated carbocycles. The van der Waals surface area contributed by atoms with Gasteiger partial charge in [0.15, 0.2) is 23.1 Å². The second-order valence-electron chi connectivity index (χ2n) is 9.90. The number of alkyl halides is 3. The second kappa shape index (κ2) is 9.85. The number of nitrogens with one attached hydrogen (secondary N) is 1. The van der Waals surface area contributed by atoms with E-state index in [0.29, 0.717) is 18.8 Å². The number of nitrogens with zero attached hydrogens (tertiary/aromatic N) is 3. The molecule has 1 aromatic carbocycles. The molecule has 3 heterocycles. The number of hydrogen-bond acceptors (Lipinski definition) is 5. The maximum atomic E-state index is 14.1. The highest BCUT2D eigenvalue weighted by Crippen LogP contribution is 2.55. The number of pyridine rings is 2. The largest absolute Gasteiger partial charge is 0.486 e. The SMILES string of the molecule is Cc1ccc(OCc2cccc(F)c2F)c(C(=O)N2CC3(CC3)C[C@H]2CNc2ccc(C(F)(F)F)cn2)n1. The number of anilines is 1. The molecule has 2 fully saturated rings. The van der Waals surface area contributed by atoms with Gasteiger partial charge in [0.1, 0.15) is 12.4 Å². The monoisotopic (exact) mass is 532 g/mol. The lowest BCUT2D eigenvalue weighted by molar-refractivity contribution is -0.137. The van der Waals surface area contributed by atoms with E-state index in [1.165, 1.54) is 18.2 Å². The summed E-state index contributed by atoms with van der Waals surface area (Å²) >= 11 is 0. The predicted molar refractivity (Wildman–Crippen MR) is 129 cm³/mol. The third-order valence-corrected chi connectivity index (χ3v) is 7.06. The Morgan fingerprint density at radius 3 is 2.63 bits per heavy atom. The van der Waals surface area contributed by atoms with Crippen molar-refractivity contribution in [2.75, 3.05) is 18.4 Å². The van der Waals surface area contributed by atoms with Gasteiger partial charge >= 0.3 is 6.18 Å². The third-order valence-electron chi connectivity index (χ3n) is 7.06. The van der Waals surface area contributed by atoms with Gasteiger partial charge in [-0.25, -0.2) is 18.7 Å². The number of halogens is 5. The van der Waals surface area contributed by atoms with E-state index in [1.54, 1.807) is 24.0 Å². The molecule has 0 radical (unpaired) electrons. The number of rotatable bonds is 7. The van der Waals surface area contributed by atoms with Crippen molar-refractivity contribution in [1.29, 1.82) is 0 Å². The summed E-state index contributed by atoms with van der Waals surface area (Å²) in [5.41, 5.74) is -0.161. The summed E-state index contributed by atoms with van der Waals surface area (Å²) < 4.78 is 72.0. The topological polar surface area (TPSA) is 67.3 Å². The van der Waals surface area contributed by atoms with Gasteiger partial charge in [-0.2, -0.15) is 13.2 Å².